The monoisotopic (exact) mass is 775 g/mol. The highest BCUT2D eigenvalue weighted by Crippen LogP contribution is 2.56. The Balaban J connectivity index is 1.21. The molecular formula is C40H42ClN3O11. The Kier molecular flexibility index (Phi) is 9.82. The number of hydrogen-bond acceptors (Lipinski definition) is 11. The van der Waals surface area contributed by atoms with E-state index in [2.05, 4.69) is 5.32 Å². The number of carbonyl (C=O) groups excluding carboxylic acids is 4. The van der Waals surface area contributed by atoms with E-state index in [1.54, 1.807) is 29.4 Å². The van der Waals surface area contributed by atoms with Gasteiger partial charge in [-0.2, -0.15) is 0 Å². The predicted octanol–water partition coefficient (Wildman–Crippen LogP) is 4.29. The van der Waals surface area contributed by atoms with Crippen LogP contribution in [0.2, 0.25) is 5.02 Å². The number of pyridine rings is 1. The molecule has 6 atom stereocenters. The smallest absolute Gasteiger partial charge is 0.250 e. The van der Waals surface area contributed by atoms with Crippen LogP contribution in [0.25, 0.3) is 0 Å². The van der Waals surface area contributed by atoms with Crippen molar-refractivity contribution in [2.75, 3.05) is 34.4 Å². The van der Waals surface area contributed by atoms with Crippen molar-refractivity contribution in [2.45, 2.75) is 63.1 Å². The Bertz CT molecular complexity index is 2220. The lowest BCUT2D eigenvalue weighted by Crippen LogP contribution is -2.54. The zero-order valence-corrected chi connectivity index (χ0v) is 31.8. The number of nitrogens with zero attached hydrogens (tertiary/aromatic N) is 2. The maximum atomic E-state index is 14.4. The number of ether oxygens (including phenoxy) is 4. The van der Waals surface area contributed by atoms with Gasteiger partial charge < -0.3 is 43.9 Å². The van der Waals surface area contributed by atoms with Crippen molar-refractivity contribution in [3.05, 3.63) is 86.0 Å². The van der Waals surface area contributed by atoms with Crippen LogP contribution in [-0.4, -0.2) is 89.1 Å². The molecule has 7 rings (SSSR count). The molecule has 14 nitrogen and oxygen atoms in total. The average molecular weight is 776 g/mol. The summed E-state index contributed by atoms with van der Waals surface area (Å²) >= 11 is 6.62. The van der Waals surface area contributed by atoms with E-state index in [1.165, 1.54) is 51.7 Å². The predicted molar refractivity (Wildman–Crippen MR) is 198 cm³/mol. The number of hydrogen-bond donors (Lipinski definition) is 3. The maximum Gasteiger partial charge on any atom is 0.250 e. The standard InChI is InChI=1S/C40H42ClN3O11/c1-19-11-27(46)33(37(49)40(19)38(50)34-29(53-4)15-30(54-5)35(41)36(34)55-40)24(22-9-10-26(45)28(13-22)52-3)14-31(47)42-20(2)39(51)43-16-21-12-23(18-43)25-7-6-8-32(48)44(25)17-21/h6-10,13,15,19-21,23-24,45,49H,11-12,14,16-18H2,1-5H3,(H,42,47)/t19-,20+,21?,23?,24?,40+/m1/s1. The van der Waals surface area contributed by atoms with E-state index in [0.29, 0.717) is 25.2 Å². The fourth-order valence-corrected chi connectivity index (χ4v) is 9.00. The van der Waals surface area contributed by atoms with Crippen LogP contribution < -0.4 is 29.8 Å². The molecule has 1 aromatic heterocycles. The molecule has 3 N–H and O–H groups in total. The second kappa shape index (κ2) is 14.3. The molecule has 2 amide bonds. The molecule has 4 heterocycles. The molecule has 0 saturated carbocycles. The summed E-state index contributed by atoms with van der Waals surface area (Å²) < 4.78 is 24.3. The van der Waals surface area contributed by atoms with Gasteiger partial charge in [0.2, 0.25) is 23.2 Å². The van der Waals surface area contributed by atoms with Crippen molar-refractivity contribution in [3.63, 3.8) is 0 Å². The third kappa shape index (κ3) is 6.16. The topological polar surface area (TPSA) is 183 Å². The number of phenolic OH excluding ortho intramolecular Hbond substituents is 1. The summed E-state index contributed by atoms with van der Waals surface area (Å²) in [5.41, 5.74) is -1.27. The number of amides is 2. The van der Waals surface area contributed by atoms with E-state index >= 15 is 0 Å². The van der Waals surface area contributed by atoms with Gasteiger partial charge in [0.25, 0.3) is 5.56 Å². The Morgan fingerprint density at radius 2 is 1.73 bits per heavy atom. The van der Waals surface area contributed by atoms with Crippen LogP contribution >= 0.6 is 11.6 Å². The van der Waals surface area contributed by atoms with Crippen LogP contribution in [0, 0.1) is 11.8 Å². The van der Waals surface area contributed by atoms with Crippen LogP contribution in [0.4, 0.5) is 0 Å². The van der Waals surface area contributed by atoms with Gasteiger partial charge in [0.15, 0.2) is 28.8 Å². The van der Waals surface area contributed by atoms with Crippen LogP contribution in [-0.2, 0) is 20.9 Å². The number of halogens is 1. The largest absolute Gasteiger partial charge is 0.507 e. The number of aliphatic hydroxyl groups excluding tert-OH is 1. The first-order valence-corrected chi connectivity index (χ1v) is 18.4. The van der Waals surface area contributed by atoms with Gasteiger partial charge >= 0.3 is 0 Å². The first-order valence-electron chi connectivity index (χ1n) is 18.0. The van der Waals surface area contributed by atoms with Crippen LogP contribution in [0.5, 0.6) is 28.7 Å². The Hall–Kier alpha value is -5.50. The minimum Gasteiger partial charge on any atom is -0.507 e. The van der Waals surface area contributed by atoms with Gasteiger partial charge in [-0.05, 0) is 43.0 Å². The molecule has 55 heavy (non-hydrogen) atoms. The Morgan fingerprint density at radius 1 is 1.00 bits per heavy atom. The van der Waals surface area contributed by atoms with Crippen molar-refractivity contribution in [3.8, 4) is 28.7 Å². The van der Waals surface area contributed by atoms with E-state index in [0.717, 1.165) is 12.1 Å². The second-order valence-electron chi connectivity index (χ2n) is 14.7. The summed E-state index contributed by atoms with van der Waals surface area (Å²) in [6.45, 7) is 4.50. The first-order chi connectivity index (χ1) is 26.2. The summed E-state index contributed by atoms with van der Waals surface area (Å²) in [4.78, 5) is 70.4. The van der Waals surface area contributed by atoms with Crippen molar-refractivity contribution in [1.82, 2.24) is 14.8 Å². The quantitative estimate of drug-likeness (QED) is 0.282. The number of methoxy groups -OCH3 is 3. The van der Waals surface area contributed by atoms with Gasteiger partial charge in [-0.3, -0.25) is 24.0 Å². The molecule has 290 valence electrons. The van der Waals surface area contributed by atoms with Gasteiger partial charge in [-0.15, -0.1) is 0 Å². The van der Waals surface area contributed by atoms with Crippen molar-refractivity contribution < 1.29 is 48.3 Å². The molecule has 2 aromatic carbocycles. The average Bonchev–Trinajstić information content (AvgIpc) is 3.48. The minimum absolute atomic E-state index is 0.0216. The number of benzene rings is 2. The number of rotatable bonds is 9. The van der Waals surface area contributed by atoms with Crippen LogP contribution in [0.15, 0.2) is 58.6 Å². The number of Topliss-reactive ketones (excluding diaryl/α,β-unsaturated/α-hetero) is 2. The van der Waals surface area contributed by atoms with Crippen LogP contribution in [0.1, 0.15) is 66.6 Å². The van der Waals surface area contributed by atoms with E-state index in [1.807, 2.05) is 6.07 Å². The molecule has 4 aliphatic rings. The second-order valence-corrected chi connectivity index (χ2v) is 15.1. The van der Waals surface area contributed by atoms with Gasteiger partial charge in [0, 0.05) is 73.6 Å². The zero-order valence-electron chi connectivity index (χ0n) is 31.0. The number of likely N-dealkylation sites (tertiary alicyclic amines) is 1. The van der Waals surface area contributed by atoms with E-state index < -0.39 is 53.1 Å². The lowest BCUT2D eigenvalue weighted by atomic mass is 9.69. The summed E-state index contributed by atoms with van der Waals surface area (Å²) in [5.74, 6) is -4.85. The number of aromatic nitrogens is 1. The molecule has 1 aliphatic carbocycles. The van der Waals surface area contributed by atoms with Crippen molar-refractivity contribution >= 4 is 35.0 Å². The first kappa shape index (κ1) is 37.8. The summed E-state index contributed by atoms with van der Waals surface area (Å²) in [7, 11) is 4.08. The van der Waals surface area contributed by atoms with Gasteiger partial charge in [0.05, 0.1) is 21.3 Å². The van der Waals surface area contributed by atoms with E-state index in [4.69, 9.17) is 30.5 Å². The van der Waals surface area contributed by atoms with Crippen molar-refractivity contribution in [2.24, 2.45) is 11.8 Å². The molecule has 1 fully saturated rings. The number of aromatic hydroxyl groups is 1. The lowest BCUT2D eigenvalue weighted by molar-refractivity contribution is -0.138. The number of fused-ring (bicyclic) bond motifs is 5. The SMILES string of the molecule is COc1cc(C(CC(=O)N[C@@H](C)C(=O)N2CC3CC(C2)c2cccc(=O)n2C3)C2=C(O)[C@@]3(Oc4c(Cl)c(OC)cc(OC)c4C3=O)[C@H](C)CC2=O)ccc1O. The maximum absolute atomic E-state index is 14.4. The summed E-state index contributed by atoms with van der Waals surface area (Å²) in [5, 5.41) is 25.4. The number of ketones is 2. The third-order valence-electron chi connectivity index (χ3n) is 11.4. The molecular weight excluding hydrogens is 734 g/mol. The van der Waals surface area contributed by atoms with Gasteiger partial charge in [0.1, 0.15) is 28.1 Å². The number of allylic oxidation sites excluding steroid dienone is 1. The van der Waals surface area contributed by atoms with E-state index in [9.17, 15) is 34.2 Å². The fourth-order valence-electron chi connectivity index (χ4n) is 8.73. The number of phenols is 1. The minimum atomic E-state index is -2.11. The van der Waals surface area contributed by atoms with Gasteiger partial charge in [-0.25, -0.2) is 0 Å². The van der Waals surface area contributed by atoms with Gasteiger partial charge in [-0.1, -0.05) is 30.7 Å². The number of piperidine rings is 1. The zero-order chi connectivity index (χ0) is 39.5. The fraction of sp³-hybridized carbons (Fsp3) is 0.425. The van der Waals surface area contributed by atoms with Crippen molar-refractivity contribution in [1.29, 1.82) is 0 Å². The lowest BCUT2D eigenvalue weighted by Gasteiger charge is -2.43. The molecule has 3 aliphatic heterocycles. The Labute approximate surface area is 321 Å². The highest BCUT2D eigenvalue weighted by atomic mass is 35.5. The summed E-state index contributed by atoms with van der Waals surface area (Å²) in [6.07, 6.45) is 0.162. The normalized spacial score (nSPS) is 23.7. The molecule has 1 spiro atoms. The highest BCUT2D eigenvalue weighted by Gasteiger charge is 2.61. The summed E-state index contributed by atoms with van der Waals surface area (Å²) in [6, 6.07) is 9.88. The Morgan fingerprint density at radius 3 is 2.44 bits per heavy atom. The molecule has 15 heteroatoms. The molecule has 1 saturated heterocycles. The van der Waals surface area contributed by atoms with Crippen LogP contribution in [0.3, 0.4) is 0 Å². The third-order valence-corrected chi connectivity index (χ3v) is 11.8. The molecule has 3 unspecified atom stereocenters. The number of aliphatic hydroxyl groups is 1. The highest BCUT2D eigenvalue weighted by molar-refractivity contribution is 6.35. The molecule has 0 radical (unpaired) electrons. The van der Waals surface area contributed by atoms with E-state index in [-0.39, 0.29) is 74.6 Å². The molecule has 2 bridgehead atoms. The number of nitrogens with one attached hydrogen (secondary N) is 1. The molecule has 3 aromatic rings. The number of carbonyl (C=O) groups is 4.